The van der Waals surface area contributed by atoms with Gasteiger partial charge in [0.15, 0.2) is 17.5 Å². The number of carbonyl (C=O) groups excluding carboxylic acids is 1. The standard InChI is InChI=1S/C17H15F3N2O2/c18-14-3-11(4-15(19)17(14)20)12-5-16(24)22(8-12)7-10-1-2-21-6-13(10)9-23/h1-4,6,12,23H,5,7-9H2/t12-/m0/s1. The largest absolute Gasteiger partial charge is 0.392 e. The molecular weight excluding hydrogens is 321 g/mol. The number of pyridine rings is 1. The first-order valence-electron chi connectivity index (χ1n) is 7.44. The summed E-state index contributed by atoms with van der Waals surface area (Å²) in [6, 6.07) is 3.58. The lowest BCUT2D eigenvalue weighted by atomic mass is 9.98. The molecule has 1 aliphatic heterocycles. The van der Waals surface area contributed by atoms with Crippen LogP contribution in [0.25, 0.3) is 0 Å². The van der Waals surface area contributed by atoms with Crippen molar-refractivity contribution in [3.05, 3.63) is 64.7 Å². The zero-order valence-corrected chi connectivity index (χ0v) is 12.7. The molecule has 3 rings (SSSR count). The molecule has 2 aromatic rings. The second kappa shape index (κ2) is 6.60. The van der Waals surface area contributed by atoms with E-state index < -0.39 is 23.4 Å². The number of rotatable bonds is 4. The number of amides is 1. The van der Waals surface area contributed by atoms with Crippen LogP contribution in [-0.2, 0) is 17.9 Å². The summed E-state index contributed by atoms with van der Waals surface area (Å²) >= 11 is 0. The zero-order chi connectivity index (χ0) is 17.3. The average Bonchev–Trinajstić information content (AvgIpc) is 2.93. The van der Waals surface area contributed by atoms with Gasteiger partial charge in [0.05, 0.1) is 6.61 Å². The van der Waals surface area contributed by atoms with Crippen molar-refractivity contribution < 1.29 is 23.1 Å². The fourth-order valence-corrected chi connectivity index (χ4v) is 2.92. The molecule has 24 heavy (non-hydrogen) atoms. The number of carbonyl (C=O) groups is 1. The lowest BCUT2D eigenvalue weighted by Crippen LogP contribution is -2.25. The molecule has 1 amide bonds. The molecule has 1 N–H and O–H groups in total. The highest BCUT2D eigenvalue weighted by molar-refractivity contribution is 5.79. The summed E-state index contributed by atoms with van der Waals surface area (Å²) < 4.78 is 39.8. The number of aliphatic hydroxyl groups is 1. The molecule has 1 fully saturated rings. The van der Waals surface area contributed by atoms with Crippen LogP contribution in [0.5, 0.6) is 0 Å². The fraction of sp³-hybridized carbons (Fsp3) is 0.294. The number of nitrogens with zero attached hydrogens (tertiary/aromatic N) is 2. The maximum Gasteiger partial charge on any atom is 0.223 e. The molecular formula is C17H15F3N2O2. The topological polar surface area (TPSA) is 53.4 Å². The van der Waals surface area contributed by atoms with Crippen LogP contribution in [0.2, 0.25) is 0 Å². The molecule has 7 heteroatoms. The van der Waals surface area contributed by atoms with Gasteiger partial charge in [-0.1, -0.05) is 0 Å². The van der Waals surface area contributed by atoms with Crippen molar-refractivity contribution in [2.24, 2.45) is 0 Å². The first-order valence-corrected chi connectivity index (χ1v) is 7.44. The van der Waals surface area contributed by atoms with Crippen LogP contribution in [-0.4, -0.2) is 27.4 Å². The fourth-order valence-electron chi connectivity index (χ4n) is 2.92. The minimum Gasteiger partial charge on any atom is -0.392 e. The summed E-state index contributed by atoms with van der Waals surface area (Å²) in [5, 5.41) is 9.31. The Labute approximate surface area is 136 Å². The highest BCUT2D eigenvalue weighted by atomic mass is 19.2. The van der Waals surface area contributed by atoms with E-state index in [-0.39, 0.29) is 37.6 Å². The van der Waals surface area contributed by atoms with Crippen LogP contribution in [0.3, 0.4) is 0 Å². The number of benzene rings is 1. The summed E-state index contributed by atoms with van der Waals surface area (Å²) in [5.74, 6) is -4.59. The third-order valence-electron chi connectivity index (χ3n) is 4.23. The van der Waals surface area contributed by atoms with Gasteiger partial charge in [-0.05, 0) is 29.3 Å². The van der Waals surface area contributed by atoms with Crippen molar-refractivity contribution in [1.82, 2.24) is 9.88 Å². The maximum atomic E-state index is 13.4. The van der Waals surface area contributed by atoms with Crippen LogP contribution in [0, 0.1) is 17.5 Å². The normalized spacial score (nSPS) is 17.6. The minimum absolute atomic E-state index is 0.101. The summed E-state index contributed by atoms with van der Waals surface area (Å²) in [7, 11) is 0. The lowest BCUT2D eigenvalue weighted by molar-refractivity contribution is -0.128. The van der Waals surface area contributed by atoms with E-state index in [1.165, 1.54) is 6.20 Å². The number of aliphatic hydroxyl groups excluding tert-OH is 1. The third kappa shape index (κ3) is 3.12. The van der Waals surface area contributed by atoms with E-state index >= 15 is 0 Å². The second-order valence-corrected chi connectivity index (χ2v) is 5.78. The number of hydrogen-bond donors (Lipinski definition) is 1. The third-order valence-corrected chi connectivity index (χ3v) is 4.23. The molecule has 1 aliphatic rings. The molecule has 1 saturated heterocycles. The monoisotopic (exact) mass is 336 g/mol. The smallest absolute Gasteiger partial charge is 0.223 e. The van der Waals surface area contributed by atoms with Gasteiger partial charge in [-0.25, -0.2) is 13.2 Å². The Hall–Kier alpha value is -2.41. The predicted octanol–water partition coefficient (Wildman–Crippen LogP) is 2.51. The van der Waals surface area contributed by atoms with E-state index in [0.717, 1.165) is 17.7 Å². The van der Waals surface area contributed by atoms with Gasteiger partial charge in [-0.15, -0.1) is 0 Å². The van der Waals surface area contributed by atoms with Crippen LogP contribution >= 0.6 is 0 Å². The van der Waals surface area contributed by atoms with E-state index in [4.69, 9.17) is 0 Å². The van der Waals surface area contributed by atoms with Crippen molar-refractivity contribution in [2.75, 3.05) is 6.54 Å². The lowest BCUT2D eigenvalue weighted by Gasteiger charge is -2.18. The van der Waals surface area contributed by atoms with Gasteiger partial charge in [0, 0.05) is 43.4 Å². The van der Waals surface area contributed by atoms with E-state index in [1.807, 2.05) is 0 Å². The molecule has 1 aromatic heterocycles. The molecule has 0 radical (unpaired) electrons. The van der Waals surface area contributed by atoms with E-state index in [0.29, 0.717) is 5.56 Å². The molecule has 2 heterocycles. The van der Waals surface area contributed by atoms with Gasteiger partial charge in [0.25, 0.3) is 0 Å². The van der Waals surface area contributed by atoms with Gasteiger partial charge < -0.3 is 10.0 Å². The minimum atomic E-state index is -1.51. The molecule has 1 atom stereocenters. The molecule has 0 unspecified atom stereocenters. The van der Waals surface area contributed by atoms with Crippen LogP contribution < -0.4 is 0 Å². The Morgan fingerprint density at radius 1 is 1.21 bits per heavy atom. The number of hydrogen-bond acceptors (Lipinski definition) is 3. The first kappa shape index (κ1) is 16.4. The summed E-state index contributed by atoms with van der Waals surface area (Å²) in [6.45, 7) is 0.361. The number of likely N-dealkylation sites (tertiary alicyclic amines) is 1. The Balaban J connectivity index is 1.79. The predicted molar refractivity (Wildman–Crippen MR) is 79.3 cm³/mol. The SMILES string of the molecule is O=C1C[C@H](c2cc(F)c(F)c(F)c2)CN1Cc1ccncc1CO. The molecule has 4 nitrogen and oxygen atoms in total. The maximum absolute atomic E-state index is 13.4. The van der Waals surface area contributed by atoms with Crippen molar-refractivity contribution in [3.63, 3.8) is 0 Å². The average molecular weight is 336 g/mol. The Morgan fingerprint density at radius 2 is 1.92 bits per heavy atom. The van der Waals surface area contributed by atoms with E-state index in [1.54, 1.807) is 17.2 Å². The highest BCUT2D eigenvalue weighted by Crippen LogP contribution is 2.31. The first-order chi connectivity index (χ1) is 11.5. The Kier molecular flexibility index (Phi) is 4.53. The number of halogens is 3. The Bertz CT molecular complexity index is 759. The van der Waals surface area contributed by atoms with E-state index in [2.05, 4.69) is 4.98 Å². The van der Waals surface area contributed by atoms with Gasteiger partial charge in [-0.2, -0.15) is 0 Å². The summed E-state index contributed by atoms with van der Waals surface area (Å²) in [5.41, 5.74) is 1.64. The Morgan fingerprint density at radius 3 is 2.58 bits per heavy atom. The van der Waals surface area contributed by atoms with Crippen molar-refractivity contribution >= 4 is 5.91 Å². The molecule has 0 aliphatic carbocycles. The zero-order valence-electron chi connectivity index (χ0n) is 12.7. The van der Waals surface area contributed by atoms with Crippen molar-refractivity contribution in [1.29, 1.82) is 0 Å². The van der Waals surface area contributed by atoms with E-state index in [9.17, 15) is 23.1 Å². The highest BCUT2D eigenvalue weighted by Gasteiger charge is 2.32. The number of aromatic nitrogens is 1. The molecule has 1 aromatic carbocycles. The molecule has 126 valence electrons. The van der Waals surface area contributed by atoms with Gasteiger partial charge >= 0.3 is 0 Å². The van der Waals surface area contributed by atoms with Gasteiger partial charge in [0.1, 0.15) is 0 Å². The van der Waals surface area contributed by atoms with Gasteiger partial charge in [-0.3, -0.25) is 9.78 Å². The summed E-state index contributed by atoms with van der Waals surface area (Å²) in [4.78, 5) is 17.7. The summed E-state index contributed by atoms with van der Waals surface area (Å²) in [6.07, 6.45) is 3.19. The van der Waals surface area contributed by atoms with Crippen LogP contribution in [0.1, 0.15) is 29.0 Å². The van der Waals surface area contributed by atoms with Gasteiger partial charge in [0.2, 0.25) is 5.91 Å². The molecule has 0 spiro atoms. The molecule has 0 bridgehead atoms. The molecule has 0 saturated carbocycles. The second-order valence-electron chi connectivity index (χ2n) is 5.78. The van der Waals surface area contributed by atoms with Crippen LogP contribution in [0.15, 0.2) is 30.6 Å². The quantitative estimate of drug-likeness (QED) is 0.873. The van der Waals surface area contributed by atoms with Crippen LogP contribution in [0.4, 0.5) is 13.2 Å². The van der Waals surface area contributed by atoms with Crippen molar-refractivity contribution in [3.8, 4) is 0 Å². The van der Waals surface area contributed by atoms with Crippen molar-refractivity contribution in [2.45, 2.75) is 25.5 Å².